The number of pyridine rings is 2. The van der Waals surface area contributed by atoms with Crippen LogP contribution < -0.4 is 40.7 Å². The fraction of sp³-hybridized carbons (Fsp3) is 0.391. The van der Waals surface area contributed by atoms with Crippen LogP contribution in [0.3, 0.4) is 0 Å². The fourth-order valence-electron chi connectivity index (χ4n) is 3.52. The molecule has 4 rings (SSSR count). The van der Waals surface area contributed by atoms with E-state index in [4.69, 9.17) is 9.59 Å². The van der Waals surface area contributed by atoms with Crippen LogP contribution in [0.2, 0.25) is 0 Å². The van der Waals surface area contributed by atoms with Gasteiger partial charge in [0.15, 0.2) is 0 Å². The number of nitrogens with one attached hydrogen (secondary N) is 2. The molecule has 0 atom stereocenters. The third kappa shape index (κ3) is 7.40. The molecule has 198 valence electrons. The molecule has 4 aromatic heterocycles. The van der Waals surface area contributed by atoms with E-state index < -0.39 is 0 Å². The van der Waals surface area contributed by atoms with Crippen molar-refractivity contribution in [3.05, 3.63) is 51.2 Å². The summed E-state index contributed by atoms with van der Waals surface area (Å²) in [6.45, 7) is 9.59. The minimum Gasteiger partial charge on any atom is -0.870 e. The standard InChI is InChI=1S/C11H15N3O2.C10H13N3O2.CO2.CH3.Na.H2O/c1-5(2)8-7-9(15)6(3)11(16)12-10(7)14(4)13-8;1-5(2)9-8-6(14)4-7(15)11-10(8)13(3)12-9;2-1-3;;;/h5H,1-4H3,(H2,12,15,16);4-5H,1-3H3,(H2,11,14,15);;1H3;;1H2/q;;;-1;+1;/p-1. The van der Waals surface area contributed by atoms with E-state index in [9.17, 15) is 19.8 Å². The summed E-state index contributed by atoms with van der Waals surface area (Å²) in [4.78, 5) is 44.3. The smallest absolute Gasteiger partial charge is 0.870 e. The van der Waals surface area contributed by atoms with Crippen molar-refractivity contribution in [1.82, 2.24) is 29.5 Å². The van der Waals surface area contributed by atoms with Gasteiger partial charge in [-0.3, -0.25) is 19.0 Å². The molecule has 0 aliphatic carbocycles. The zero-order valence-electron chi connectivity index (χ0n) is 22.5. The summed E-state index contributed by atoms with van der Waals surface area (Å²) < 4.78 is 3.16. The van der Waals surface area contributed by atoms with Crippen molar-refractivity contribution in [2.24, 2.45) is 14.1 Å². The number of aryl methyl sites for hydroxylation is 2. The Morgan fingerprint density at radius 1 is 0.892 bits per heavy atom. The van der Waals surface area contributed by atoms with Crippen LogP contribution in [0.1, 0.15) is 56.5 Å². The molecule has 0 bridgehead atoms. The summed E-state index contributed by atoms with van der Waals surface area (Å²) >= 11 is 0. The van der Waals surface area contributed by atoms with Crippen LogP contribution >= 0.6 is 0 Å². The molecule has 0 amide bonds. The molecule has 0 aromatic carbocycles. The molecule has 0 saturated carbocycles. The van der Waals surface area contributed by atoms with Gasteiger partial charge in [-0.05, 0) is 18.8 Å². The molecule has 14 heteroatoms. The molecule has 0 aliphatic rings. The Balaban J connectivity index is 0. The second-order valence-corrected chi connectivity index (χ2v) is 8.30. The summed E-state index contributed by atoms with van der Waals surface area (Å²) in [5.74, 6) is 0.423. The van der Waals surface area contributed by atoms with E-state index in [1.807, 2.05) is 27.7 Å². The van der Waals surface area contributed by atoms with Crippen molar-refractivity contribution in [3.8, 4) is 11.5 Å². The molecule has 0 spiro atoms. The average Bonchev–Trinajstić information content (AvgIpc) is 3.25. The van der Waals surface area contributed by atoms with E-state index in [2.05, 4.69) is 20.2 Å². The van der Waals surface area contributed by atoms with Gasteiger partial charge in [0.1, 0.15) is 22.8 Å². The van der Waals surface area contributed by atoms with E-state index in [0.717, 1.165) is 11.4 Å². The van der Waals surface area contributed by atoms with Crippen LogP contribution in [-0.2, 0) is 23.7 Å². The molecule has 0 radical (unpaired) electrons. The summed E-state index contributed by atoms with van der Waals surface area (Å²) in [6, 6.07) is 1.18. The molecule has 4 heterocycles. The van der Waals surface area contributed by atoms with E-state index in [-0.39, 0.29) is 83.1 Å². The number of hydrogen-bond donors (Lipinski definition) is 4. The first-order chi connectivity index (χ1) is 15.8. The second kappa shape index (κ2) is 14.5. The molecule has 0 unspecified atom stereocenters. The fourth-order valence-corrected chi connectivity index (χ4v) is 3.52. The average molecular weight is 528 g/mol. The van der Waals surface area contributed by atoms with Crippen molar-refractivity contribution in [1.29, 1.82) is 0 Å². The summed E-state index contributed by atoms with van der Waals surface area (Å²) in [5.41, 5.74) is 2.46. The van der Waals surface area contributed by atoms with E-state index in [1.54, 1.807) is 30.4 Å². The third-order valence-electron chi connectivity index (χ3n) is 5.17. The van der Waals surface area contributed by atoms with Gasteiger partial charge in [-0.25, -0.2) is 0 Å². The number of rotatable bonds is 2. The number of nitrogens with zero attached hydrogens (tertiary/aromatic N) is 4. The topological polar surface area (TPSA) is 206 Å². The Kier molecular flexibility index (Phi) is 14.1. The summed E-state index contributed by atoms with van der Waals surface area (Å²) in [7, 11) is 3.49. The van der Waals surface area contributed by atoms with Crippen molar-refractivity contribution in [3.63, 3.8) is 0 Å². The van der Waals surface area contributed by atoms with Gasteiger partial charge in [-0.2, -0.15) is 19.8 Å². The van der Waals surface area contributed by atoms with Gasteiger partial charge >= 0.3 is 35.7 Å². The van der Waals surface area contributed by atoms with Crippen molar-refractivity contribution < 1.29 is 54.8 Å². The second-order valence-electron chi connectivity index (χ2n) is 8.30. The van der Waals surface area contributed by atoms with Crippen LogP contribution in [-0.4, -0.2) is 51.4 Å². The number of aromatic nitrogens is 6. The third-order valence-corrected chi connectivity index (χ3v) is 5.17. The predicted octanol–water partition coefficient (Wildman–Crippen LogP) is -0.816. The van der Waals surface area contributed by atoms with Crippen LogP contribution in [0.4, 0.5) is 0 Å². The Morgan fingerprint density at radius 3 is 1.73 bits per heavy atom. The molecule has 0 fully saturated rings. The number of H-pyrrole nitrogens is 2. The maximum absolute atomic E-state index is 11.5. The van der Waals surface area contributed by atoms with Crippen LogP contribution in [0.15, 0.2) is 15.7 Å². The molecular formula is C23H32N6NaO7-. The van der Waals surface area contributed by atoms with E-state index >= 15 is 0 Å². The predicted molar refractivity (Wildman–Crippen MR) is 132 cm³/mol. The van der Waals surface area contributed by atoms with E-state index in [1.165, 1.54) is 6.07 Å². The van der Waals surface area contributed by atoms with Crippen molar-refractivity contribution in [2.45, 2.75) is 46.5 Å². The Morgan fingerprint density at radius 2 is 1.30 bits per heavy atom. The van der Waals surface area contributed by atoms with E-state index in [0.29, 0.717) is 27.6 Å². The number of aromatic hydroxyl groups is 2. The zero-order chi connectivity index (χ0) is 25.9. The monoisotopic (exact) mass is 527 g/mol. The van der Waals surface area contributed by atoms with Crippen molar-refractivity contribution in [2.75, 3.05) is 0 Å². The summed E-state index contributed by atoms with van der Waals surface area (Å²) in [6.07, 6.45) is 0.250. The Bertz CT molecular complexity index is 1490. The Hall–Kier alpha value is -3.22. The van der Waals surface area contributed by atoms with Gasteiger partial charge in [0.05, 0.1) is 27.7 Å². The van der Waals surface area contributed by atoms with Gasteiger partial charge in [-0.15, -0.1) is 0 Å². The maximum Gasteiger partial charge on any atom is 1.00 e. The maximum atomic E-state index is 11.5. The number of hydrogen-bond acceptors (Lipinski definition) is 9. The quantitative estimate of drug-likeness (QED) is 0.189. The first-order valence-corrected chi connectivity index (χ1v) is 10.4. The largest absolute Gasteiger partial charge is 1.00 e. The van der Waals surface area contributed by atoms with Gasteiger partial charge < -0.3 is 33.1 Å². The minimum absolute atomic E-state index is 0. The molecule has 0 aliphatic heterocycles. The number of aromatic amines is 2. The zero-order valence-corrected chi connectivity index (χ0v) is 24.5. The van der Waals surface area contributed by atoms with Gasteiger partial charge in [0.25, 0.3) is 11.1 Å². The number of fused-ring (bicyclic) bond motifs is 2. The van der Waals surface area contributed by atoms with Crippen LogP contribution in [0.25, 0.3) is 22.1 Å². The first-order valence-electron chi connectivity index (χ1n) is 10.4. The van der Waals surface area contributed by atoms with Crippen LogP contribution in [0.5, 0.6) is 11.5 Å². The molecule has 5 N–H and O–H groups in total. The van der Waals surface area contributed by atoms with Crippen LogP contribution in [0, 0.1) is 14.4 Å². The Labute approximate surface area is 235 Å². The molecular weight excluding hydrogens is 495 g/mol. The minimum atomic E-state index is -0.321. The van der Waals surface area contributed by atoms with Gasteiger partial charge in [-0.1, -0.05) is 27.7 Å². The molecule has 0 saturated heterocycles. The molecule has 13 nitrogen and oxygen atoms in total. The van der Waals surface area contributed by atoms with Crippen molar-refractivity contribution >= 4 is 28.2 Å². The van der Waals surface area contributed by atoms with Gasteiger partial charge in [0, 0.05) is 20.2 Å². The summed E-state index contributed by atoms with van der Waals surface area (Å²) in [5, 5.41) is 29.6. The molecule has 37 heavy (non-hydrogen) atoms. The SMILES string of the molecule is CC(C)c1nn(C)c2[nH]c(=O)cc(O)c12.Cc1c(O)c2c(C(C)C)nn(C)c2[nH]c1=O.O=C=O.[CH3-].[Na+].[OH-]. The molecule has 4 aromatic rings. The number of carbonyl (C=O) groups excluding carboxylic acids is 2. The normalized spacial score (nSPS) is 9.86. The first kappa shape index (κ1) is 35.9. The van der Waals surface area contributed by atoms with Gasteiger partial charge in [0.2, 0.25) is 0 Å².